The van der Waals surface area contributed by atoms with Gasteiger partial charge in [0.15, 0.2) is 0 Å². The molecule has 1 aromatic heterocycles. The summed E-state index contributed by atoms with van der Waals surface area (Å²) < 4.78 is 4.50. The van der Waals surface area contributed by atoms with Crippen molar-refractivity contribution < 1.29 is 19.2 Å². The lowest BCUT2D eigenvalue weighted by atomic mass is 10.1. The van der Waals surface area contributed by atoms with Crippen LogP contribution in [-0.2, 0) is 11.1 Å². The Labute approximate surface area is 122 Å². The lowest BCUT2D eigenvalue weighted by Crippen LogP contribution is -2.29. The molecule has 2 aromatic rings. The molecule has 2 rings (SSSR count). The molecule has 0 bridgehead atoms. The predicted molar refractivity (Wildman–Crippen MR) is 76.0 cm³/mol. The van der Waals surface area contributed by atoms with Crippen LogP contribution in [0.25, 0.3) is 11.0 Å². The lowest BCUT2D eigenvalue weighted by Gasteiger charge is -2.08. The van der Waals surface area contributed by atoms with Crippen molar-refractivity contribution in [3.05, 3.63) is 48.5 Å². The molecule has 1 heterocycles. The summed E-state index contributed by atoms with van der Waals surface area (Å²) in [6.45, 7) is -0.181. The van der Waals surface area contributed by atoms with Crippen LogP contribution in [0, 0.1) is 10.1 Å². The van der Waals surface area contributed by atoms with E-state index in [0.717, 1.165) is 6.07 Å². The Hall–Kier alpha value is -2.17. The summed E-state index contributed by atoms with van der Waals surface area (Å²) in [4.78, 5) is 54.7. The molecular formula is C10H11N4O7P. The summed E-state index contributed by atoms with van der Waals surface area (Å²) in [5, 5.41) is 13.6. The molecule has 0 saturated carbocycles. The van der Waals surface area contributed by atoms with Crippen molar-refractivity contribution in [3.8, 4) is 0 Å². The topological polar surface area (TPSA) is 171 Å². The number of hydrogen-bond acceptors (Lipinski definition) is 8. The third kappa shape index (κ3) is 3.72. The van der Waals surface area contributed by atoms with Crippen molar-refractivity contribution >= 4 is 25.3 Å². The summed E-state index contributed by atoms with van der Waals surface area (Å²) in [6, 6.07) is 2.36. The largest absolute Gasteiger partial charge is 0.328 e. The average Bonchev–Trinajstić information content (AvgIpc) is 2.44. The van der Waals surface area contributed by atoms with Crippen molar-refractivity contribution in [2.75, 3.05) is 6.73 Å². The van der Waals surface area contributed by atoms with E-state index in [1.54, 1.807) is 0 Å². The van der Waals surface area contributed by atoms with Gasteiger partial charge in [-0.15, -0.1) is 0 Å². The standard InChI is InChI=1S/C10H11N4O7P/c15-9-10(16)13-8-5(3-11-4-21-22(19)20)1-6(14(17)18)2-7(8)12-9/h1-2,11,19-20H,3-4H2,(H,12,15)(H,13,16). The molecule has 1 aromatic carbocycles. The Morgan fingerprint density at radius 3 is 2.59 bits per heavy atom. The lowest BCUT2D eigenvalue weighted by molar-refractivity contribution is -0.384. The van der Waals surface area contributed by atoms with Gasteiger partial charge in [-0.2, -0.15) is 0 Å². The SMILES string of the molecule is O=c1[nH]c2cc([N+](=O)[O-])cc(CNCOP(O)O)c2[nH]c1=O. The summed E-state index contributed by atoms with van der Waals surface area (Å²) in [7, 11) is -2.52. The smallest absolute Gasteiger partial charge is 0.328 e. The molecule has 0 spiro atoms. The normalized spacial score (nSPS) is 11.2. The number of aromatic nitrogens is 2. The second kappa shape index (κ2) is 6.73. The quantitative estimate of drug-likeness (QED) is 0.117. The summed E-state index contributed by atoms with van der Waals surface area (Å²) in [6.07, 6.45) is 0. The van der Waals surface area contributed by atoms with E-state index >= 15 is 0 Å². The van der Waals surface area contributed by atoms with Crippen molar-refractivity contribution in [3.63, 3.8) is 0 Å². The molecule has 0 aliphatic heterocycles. The number of rotatable bonds is 6. The minimum Gasteiger partial charge on any atom is -0.328 e. The second-order valence-electron chi connectivity index (χ2n) is 4.15. The Kier molecular flexibility index (Phi) is 4.96. The summed E-state index contributed by atoms with van der Waals surface area (Å²) in [5.74, 6) is 0. The third-order valence-corrected chi connectivity index (χ3v) is 3.07. The fourth-order valence-electron chi connectivity index (χ4n) is 1.81. The summed E-state index contributed by atoms with van der Waals surface area (Å²) in [5.41, 5.74) is -1.38. The van der Waals surface area contributed by atoms with Gasteiger partial charge in [0, 0.05) is 18.7 Å². The van der Waals surface area contributed by atoms with E-state index in [9.17, 15) is 19.7 Å². The van der Waals surface area contributed by atoms with Gasteiger partial charge in [-0.05, 0) is 5.56 Å². The number of hydrogen-bond donors (Lipinski definition) is 5. The fourth-order valence-corrected chi connectivity index (χ4v) is 2.02. The first-order valence-electron chi connectivity index (χ1n) is 5.83. The molecule has 5 N–H and O–H groups in total. The maximum atomic E-state index is 11.4. The zero-order chi connectivity index (χ0) is 16.3. The van der Waals surface area contributed by atoms with Crippen LogP contribution in [0.5, 0.6) is 0 Å². The molecule has 0 fully saturated rings. The Balaban J connectivity index is 2.41. The van der Waals surface area contributed by atoms with E-state index < -0.39 is 24.6 Å². The van der Waals surface area contributed by atoms with E-state index in [2.05, 4.69) is 19.8 Å². The molecule has 0 saturated heterocycles. The van der Waals surface area contributed by atoms with Crippen LogP contribution in [0.4, 0.5) is 5.69 Å². The number of fused-ring (bicyclic) bond motifs is 1. The molecule has 0 aliphatic carbocycles. The number of nitro benzene ring substituents is 1. The highest BCUT2D eigenvalue weighted by molar-refractivity contribution is 7.39. The zero-order valence-electron chi connectivity index (χ0n) is 10.9. The molecule has 0 unspecified atom stereocenters. The van der Waals surface area contributed by atoms with Gasteiger partial charge in [0.25, 0.3) is 5.69 Å². The van der Waals surface area contributed by atoms with Gasteiger partial charge < -0.3 is 19.8 Å². The number of nitrogens with one attached hydrogen (secondary N) is 3. The minimum atomic E-state index is -2.52. The molecule has 0 aliphatic rings. The first-order chi connectivity index (χ1) is 10.4. The Bertz CT molecular complexity index is 815. The van der Waals surface area contributed by atoms with Gasteiger partial charge in [-0.3, -0.25) is 29.5 Å². The van der Waals surface area contributed by atoms with Crippen molar-refractivity contribution in [2.45, 2.75) is 6.54 Å². The maximum absolute atomic E-state index is 11.4. The van der Waals surface area contributed by atoms with E-state index in [1.807, 2.05) is 0 Å². The number of aromatic amines is 2. The van der Waals surface area contributed by atoms with Crippen molar-refractivity contribution in [2.24, 2.45) is 0 Å². The van der Waals surface area contributed by atoms with Gasteiger partial charge in [0.1, 0.15) is 6.73 Å². The van der Waals surface area contributed by atoms with Crippen LogP contribution >= 0.6 is 8.60 Å². The number of nitrogens with zero attached hydrogens (tertiary/aromatic N) is 1. The van der Waals surface area contributed by atoms with Crippen LogP contribution in [-0.4, -0.2) is 31.4 Å². The van der Waals surface area contributed by atoms with Crippen LogP contribution in [0.15, 0.2) is 21.7 Å². The molecule has 22 heavy (non-hydrogen) atoms. The molecule has 0 amide bonds. The van der Waals surface area contributed by atoms with E-state index in [0.29, 0.717) is 5.56 Å². The molecule has 0 radical (unpaired) electrons. The Morgan fingerprint density at radius 1 is 1.27 bits per heavy atom. The number of H-pyrrole nitrogens is 2. The third-order valence-electron chi connectivity index (χ3n) is 2.71. The number of non-ortho nitro benzene ring substituents is 1. The first kappa shape index (κ1) is 16.2. The van der Waals surface area contributed by atoms with Gasteiger partial charge in [0.2, 0.25) is 0 Å². The maximum Gasteiger partial charge on any atom is 0.328 e. The van der Waals surface area contributed by atoms with Gasteiger partial charge in [0.05, 0.1) is 16.0 Å². The molecule has 12 heteroatoms. The van der Waals surface area contributed by atoms with Crippen LogP contribution in [0.2, 0.25) is 0 Å². The van der Waals surface area contributed by atoms with E-state index in [-0.39, 0.29) is 30.0 Å². The van der Waals surface area contributed by atoms with Gasteiger partial charge >= 0.3 is 19.7 Å². The monoisotopic (exact) mass is 330 g/mol. The van der Waals surface area contributed by atoms with Crippen LogP contribution < -0.4 is 16.4 Å². The minimum absolute atomic E-state index is 0.0311. The zero-order valence-corrected chi connectivity index (χ0v) is 11.8. The van der Waals surface area contributed by atoms with E-state index in [4.69, 9.17) is 9.79 Å². The highest BCUT2D eigenvalue weighted by Crippen LogP contribution is 2.24. The molecule has 118 valence electrons. The Morgan fingerprint density at radius 2 is 1.95 bits per heavy atom. The number of nitro groups is 1. The average molecular weight is 330 g/mol. The number of benzene rings is 1. The van der Waals surface area contributed by atoms with Gasteiger partial charge in [-0.25, -0.2) is 0 Å². The fraction of sp³-hybridized carbons (Fsp3) is 0.200. The molecular weight excluding hydrogens is 319 g/mol. The first-order valence-corrected chi connectivity index (χ1v) is 7.00. The second-order valence-corrected chi connectivity index (χ2v) is 4.91. The van der Waals surface area contributed by atoms with Crippen LogP contribution in [0.3, 0.4) is 0 Å². The van der Waals surface area contributed by atoms with Crippen molar-refractivity contribution in [1.29, 1.82) is 0 Å². The van der Waals surface area contributed by atoms with Gasteiger partial charge in [-0.1, -0.05) is 0 Å². The van der Waals surface area contributed by atoms with E-state index in [1.165, 1.54) is 6.07 Å². The highest BCUT2D eigenvalue weighted by Gasteiger charge is 2.13. The molecule has 0 atom stereocenters. The molecule has 11 nitrogen and oxygen atoms in total. The van der Waals surface area contributed by atoms with Crippen LogP contribution in [0.1, 0.15) is 5.56 Å². The highest BCUT2D eigenvalue weighted by atomic mass is 31.2. The predicted octanol–water partition coefficient (Wildman–Crippen LogP) is -0.600. The van der Waals surface area contributed by atoms with Crippen molar-refractivity contribution in [1.82, 2.24) is 15.3 Å². The summed E-state index contributed by atoms with van der Waals surface area (Å²) >= 11 is 0.